The molecular formula is C16H17FN6O. The molecule has 3 aromatic rings. The normalized spacial score (nSPS) is 10.8. The molecule has 0 saturated heterocycles. The van der Waals surface area contributed by atoms with Gasteiger partial charge in [-0.15, -0.1) is 5.10 Å². The van der Waals surface area contributed by atoms with Crippen molar-refractivity contribution in [2.45, 2.75) is 26.9 Å². The van der Waals surface area contributed by atoms with E-state index in [1.165, 1.54) is 17.1 Å². The van der Waals surface area contributed by atoms with Gasteiger partial charge in [0.1, 0.15) is 12.1 Å². The first kappa shape index (κ1) is 15.9. The van der Waals surface area contributed by atoms with Crippen molar-refractivity contribution in [3.8, 4) is 0 Å². The molecule has 1 amide bonds. The topological polar surface area (TPSA) is 77.6 Å². The van der Waals surface area contributed by atoms with Crippen molar-refractivity contribution < 1.29 is 9.18 Å². The van der Waals surface area contributed by atoms with E-state index in [-0.39, 0.29) is 24.2 Å². The van der Waals surface area contributed by atoms with Crippen molar-refractivity contribution in [3.05, 3.63) is 59.4 Å². The molecule has 0 aliphatic heterocycles. The molecule has 0 bridgehead atoms. The van der Waals surface area contributed by atoms with Crippen LogP contribution in [0.1, 0.15) is 28.5 Å². The minimum absolute atomic E-state index is 0.167. The van der Waals surface area contributed by atoms with Crippen molar-refractivity contribution in [1.82, 2.24) is 24.5 Å². The Morgan fingerprint density at radius 2 is 2.04 bits per heavy atom. The number of carbonyl (C=O) groups is 1. The van der Waals surface area contributed by atoms with Crippen LogP contribution in [0.2, 0.25) is 0 Å². The molecule has 0 fully saturated rings. The highest BCUT2D eigenvalue weighted by molar-refractivity contribution is 6.03. The minimum Gasteiger partial charge on any atom is -0.289 e. The summed E-state index contributed by atoms with van der Waals surface area (Å²) in [4.78, 5) is 16.3. The third-order valence-electron chi connectivity index (χ3n) is 3.57. The quantitative estimate of drug-likeness (QED) is 0.779. The molecule has 0 radical (unpaired) electrons. The fourth-order valence-corrected chi connectivity index (χ4v) is 2.30. The monoisotopic (exact) mass is 328 g/mol. The second-order valence-corrected chi connectivity index (χ2v) is 5.30. The zero-order valence-electron chi connectivity index (χ0n) is 13.4. The number of nitrogens with zero attached hydrogens (tertiary/aromatic N) is 5. The minimum atomic E-state index is -0.323. The van der Waals surface area contributed by atoms with Gasteiger partial charge in [-0.05, 0) is 19.9 Å². The van der Waals surface area contributed by atoms with Crippen molar-refractivity contribution in [2.75, 3.05) is 5.32 Å². The van der Waals surface area contributed by atoms with E-state index >= 15 is 0 Å². The predicted molar refractivity (Wildman–Crippen MR) is 86.1 cm³/mol. The number of benzene rings is 1. The molecule has 2 heterocycles. The number of hydrogen-bond donors (Lipinski definition) is 1. The molecule has 1 aromatic carbocycles. The third kappa shape index (κ3) is 3.32. The maximum Gasteiger partial charge on any atom is 0.261 e. The molecule has 0 spiro atoms. The molecule has 1 N–H and O–H groups in total. The Morgan fingerprint density at radius 1 is 1.25 bits per heavy atom. The lowest BCUT2D eigenvalue weighted by Gasteiger charge is -2.02. The van der Waals surface area contributed by atoms with Crippen LogP contribution in [0.5, 0.6) is 0 Å². The first-order valence-corrected chi connectivity index (χ1v) is 7.55. The molecule has 124 valence electrons. The summed E-state index contributed by atoms with van der Waals surface area (Å²) in [6.45, 7) is 4.64. The summed E-state index contributed by atoms with van der Waals surface area (Å²) in [5.74, 6) is -0.461. The van der Waals surface area contributed by atoms with Crippen LogP contribution in [0, 0.1) is 12.7 Å². The van der Waals surface area contributed by atoms with Crippen LogP contribution in [0.3, 0.4) is 0 Å². The second-order valence-electron chi connectivity index (χ2n) is 5.30. The van der Waals surface area contributed by atoms with Gasteiger partial charge in [0.2, 0.25) is 5.95 Å². The Labute approximate surface area is 138 Å². The van der Waals surface area contributed by atoms with Gasteiger partial charge in [0.25, 0.3) is 5.91 Å². The summed E-state index contributed by atoms with van der Waals surface area (Å²) in [7, 11) is 0. The molecule has 7 nitrogen and oxygen atoms in total. The molecule has 0 atom stereocenters. The van der Waals surface area contributed by atoms with E-state index in [9.17, 15) is 9.18 Å². The molecule has 0 aliphatic rings. The largest absolute Gasteiger partial charge is 0.289 e. The first-order valence-electron chi connectivity index (χ1n) is 7.55. The van der Waals surface area contributed by atoms with E-state index in [1.54, 1.807) is 36.0 Å². The Bertz CT molecular complexity index is 869. The van der Waals surface area contributed by atoms with Crippen LogP contribution in [0.25, 0.3) is 0 Å². The summed E-state index contributed by atoms with van der Waals surface area (Å²) in [5, 5.41) is 11.0. The van der Waals surface area contributed by atoms with Crippen molar-refractivity contribution >= 4 is 11.9 Å². The van der Waals surface area contributed by atoms with Gasteiger partial charge in [-0.25, -0.2) is 14.1 Å². The number of rotatable bonds is 5. The zero-order valence-corrected chi connectivity index (χ0v) is 13.4. The SMILES string of the molecule is CCn1cc(C(=O)Nc2ncn(Cc3ccccc3F)n2)c(C)n1. The van der Waals surface area contributed by atoms with Crippen LogP contribution in [0.4, 0.5) is 10.3 Å². The highest BCUT2D eigenvalue weighted by Crippen LogP contribution is 2.10. The van der Waals surface area contributed by atoms with Gasteiger partial charge >= 0.3 is 0 Å². The van der Waals surface area contributed by atoms with Crippen LogP contribution >= 0.6 is 0 Å². The van der Waals surface area contributed by atoms with Gasteiger partial charge in [-0.1, -0.05) is 18.2 Å². The van der Waals surface area contributed by atoms with Crippen molar-refractivity contribution in [1.29, 1.82) is 0 Å². The van der Waals surface area contributed by atoms with Gasteiger partial charge in [0, 0.05) is 18.3 Å². The summed E-state index contributed by atoms with van der Waals surface area (Å²) >= 11 is 0. The fraction of sp³-hybridized carbons (Fsp3) is 0.250. The van der Waals surface area contributed by atoms with E-state index in [2.05, 4.69) is 20.5 Å². The number of carbonyl (C=O) groups excluding carboxylic acids is 1. The highest BCUT2D eigenvalue weighted by Gasteiger charge is 2.15. The first-order chi connectivity index (χ1) is 11.6. The Hall–Kier alpha value is -3.03. The molecule has 0 saturated carbocycles. The third-order valence-corrected chi connectivity index (χ3v) is 3.57. The lowest BCUT2D eigenvalue weighted by atomic mass is 10.2. The Morgan fingerprint density at radius 3 is 2.75 bits per heavy atom. The number of nitrogens with one attached hydrogen (secondary N) is 1. The molecular weight excluding hydrogens is 311 g/mol. The predicted octanol–water partition coefficient (Wildman–Crippen LogP) is 2.24. The van der Waals surface area contributed by atoms with Gasteiger partial charge in [0.05, 0.1) is 17.8 Å². The average molecular weight is 328 g/mol. The fourth-order valence-electron chi connectivity index (χ4n) is 2.30. The summed E-state index contributed by atoms with van der Waals surface area (Å²) < 4.78 is 16.8. The highest BCUT2D eigenvalue weighted by atomic mass is 19.1. The van der Waals surface area contributed by atoms with Gasteiger partial charge < -0.3 is 0 Å². The van der Waals surface area contributed by atoms with Crippen LogP contribution in [-0.4, -0.2) is 30.5 Å². The molecule has 24 heavy (non-hydrogen) atoms. The number of halogens is 1. The summed E-state index contributed by atoms with van der Waals surface area (Å²) in [6.07, 6.45) is 3.13. The molecule has 8 heteroatoms. The second kappa shape index (κ2) is 6.61. The van der Waals surface area contributed by atoms with Gasteiger partial charge in [-0.2, -0.15) is 5.10 Å². The van der Waals surface area contributed by atoms with Crippen LogP contribution in [-0.2, 0) is 13.1 Å². The summed E-state index contributed by atoms with van der Waals surface area (Å²) in [6, 6.07) is 6.46. The van der Waals surface area contributed by atoms with E-state index < -0.39 is 0 Å². The Balaban J connectivity index is 1.70. The maximum atomic E-state index is 13.7. The van der Waals surface area contributed by atoms with Gasteiger partial charge in [-0.3, -0.25) is 14.8 Å². The van der Waals surface area contributed by atoms with Crippen LogP contribution < -0.4 is 5.32 Å². The van der Waals surface area contributed by atoms with Crippen molar-refractivity contribution in [2.24, 2.45) is 0 Å². The van der Waals surface area contributed by atoms with Crippen LogP contribution in [0.15, 0.2) is 36.8 Å². The standard InChI is InChI=1S/C16H17FN6O/c1-3-22-9-13(11(2)20-22)15(24)19-16-18-10-23(21-16)8-12-6-4-5-7-14(12)17/h4-7,9-10H,3,8H2,1-2H3,(H,19,21,24). The number of hydrogen-bond acceptors (Lipinski definition) is 4. The Kier molecular flexibility index (Phi) is 4.37. The molecule has 0 aliphatic carbocycles. The molecule has 2 aromatic heterocycles. The number of amides is 1. The van der Waals surface area contributed by atoms with E-state index in [1.807, 2.05) is 6.92 Å². The molecule has 0 unspecified atom stereocenters. The van der Waals surface area contributed by atoms with E-state index in [0.29, 0.717) is 23.4 Å². The number of anilines is 1. The lowest BCUT2D eigenvalue weighted by Crippen LogP contribution is -2.14. The maximum absolute atomic E-state index is 13.7. The van der Waals surface area contributed by atoms with E-state index in [0.717, 1.165) is 0 Å². The summed E-state index contributed by atoms with van der Waals surface area (Å²) in [5.41, 5.74) is 1.61. The molecule has 3 rings (SSSR count). The van der Waals surface area contributed by atoms with Gasteiger partial charge in [0.15, 0.2) is 0 Å². The smallest absolute Gasteiger partial charge is 0.261 e. The average Bonchev–Trinajstić information content (AvgIpc) is 3.16. The lowest BCUT2D eigenvalue weighted by molar-refractivity contribution is 0.102. The zero-order chi connectivity index (χ0) is 17.1. The van der Waals surface area contributed by atoms with Crippen molar-refractivity contribution in [3.63, 3.8) is 0 Å². The number of aryl methyl sites for hydroxylation is 2. The van der Waals surface area contributed by atoms with E-state index in [4.69, 9.17) is 0 Å². The number of aromatic nitrogens is 5.